The second kappa shape index (κ2) is 9.18. The number of aromatic hydroxyl groups is 1. The fraction of sp³-hybridized carbons (Fsp3) is 0.222. The Morgan fingerprint density at radius 1 is 1.19 bits per heavy atom. The monoisotopic (exact) mass is 373 g/mol. The highest BCUT2D eigenvalue weighted by molar-refractivity contribution is 5.95. The molecule has 2 rings (SSSR count). The molecule has 0 radical (unpaired) electrons. The number of nitro benzene ring substituents is 1. The van der Waals surface area contributed by atoms with Crippen LogP contribution in [0.5, 0.6) is 17.2 Å². The molecule has 2 aromatic carbocycles. The van der Waals surface area contributed by atoms with Gasteiger partial charge in [0.15, 0.2) is 0 Å². The normalized spacial score (nSPS) is 10.6. The van der Waals surface area contributed by atoms with Crippen molar-refractivity contribution >= 4 is 17.8 Å². The second-order valence-electron chi connectivity index (χ2n) is 5.23. The first kappa shape index (κ1) is 19.7. The summed E-state index contributed by atoms with van der Waals surface area (Å²) in [5, 5.41) is 24.3. The topological polar surface area (TPSA) is 123 Å². The first-order valence-electron chi connectivity index (χ1n) is 8.16. The van der Waals surface area contributed by atoms with Crippen molar-refractivity contribution in [2.24, 2.45) is 5.10 Å². The molecule has 0 atom stereocenters. The average Bonchev–Trinajstić information content (AvgIpc) is 2.64. The lowest BCUT2D eigenvalue weighted by Crippen LogP contribution is -2.17. The molecule has 0 aliphatic heterocycles. The van der Waals surface area contributed by atoms with Gasteiger partial charge in [0.05, 0.1) is 24.4 Å². The standard InChI is InChI=1S/C18H19N3O6/c1-3-26-16-10-17(27-4-2)15(21(24)25)9-13(16)11-19-20-18(23)12-5-7-14(22)8-6-12/h5-11,22H,3-4H2,1-2H3,(H,20,23)/b19-11-. The van der Waals surface area contributed by atoms with Gasteiger partial charge in [-0.05, 0) is 38.1 Å². The van der Waals surface area contributed by atoms with Crippen LogP contribution < -0.4 is 14.9 Å². The molecule has 0 aromatic heterocycles. The molecule has 0 spiro atoms. The molecule has 2 aromatic rings. The Morgan fingerprint density at radius 2 is 1.81 bits per heavy atom. The number of hydrogen-bond acceptors (Lipinski definition) is 7. The number of nitrogens with one attached hydrogen (secondary N) is 1. The van der Waals surface area contributed by atoms with Gasteiger partial charge in [0.2, 0.25) is 5.75 Å². The van der Waals surface area contributed by atoms with Crippen LogP contribution in [-0.2, 0) is 0 Å². The van der Waals surface area contributed by atoms with E-state index in [1.807, 2.05) is 0 Å². The smallest absolute Gasteiger partial charge is 0.311 e. The Hall–Kier alpha value is -3.62. The fourth-order valence-electron chi connectivity index (χ4n) is 2.20. The summed E-state index contributed by atoms with van der Waals surface area (Å²) < 4.78 is 10.8. The number of carbonyl (C=O) groups is 1. The summed E-state index contributed by atoms with van der Waals surface area (Å²) in [4.78, 5) is 22.7. The van der Waals surface area contributed by atoms with E-state index in [0.717, 1.165) is 0 Å². The third kappa shape index (κ3) is 5.18. The molecule has 9 heteroatoms. The van der Waals surface area contributed by atoms with Crippen LogP contribution in [0.1, 0.15) is 29.8 Å². The van der Waals surface area contributed by atoms with Crippen LogP contribution in [0.15, 0.2) is 41.5 Å². The molecule has 27 heavy (non-hydrogen) atoms. The number of nitro groups is 1. The molecule has 0 saturated carbocycles. The Labute approximate surface area is 155 Å². The number of hydrogen-bond donors (Lipinski definition) is 2. The van der Waals surface area contributed by atoms with E-state index < -0.39 is 10.8 Å². The van der Waals surface area contributed by atoms with Crippen LogP contribution in [0, 0.1) is 10.1 Å². The molecule has 0 aliphatic rings. The molecule has 0 unspecified atom stereocenters. The van der Waals surface area contributed by atoms with Crippen molar-refractivity contribution in [3.63, 3.8) is 0 Å². The van der Waals surface area contributed by atoms with Crippen molar-refractivity contribution in [1.29, 1.82) is 0 Å². The van der Waals surface area contributed by atoms with E-state index in [4.69, 9.17) is 9.47 Å². The molecule has 0 fully saturated rings. The van der Waals surface area contributed by atoms with Crippen molar-refractivity contribution < 1.29 is 24.3 Å². The summed E-state index contributed by atoms with van der Waals surface area (Å²) in [6.45, 7) is 4.10. The van der Waals surface area contributed by atoms with E-state index in [1.165, 1.54) is 42.6 Å². The van der Waals surface area contributed by atoms with E-state index in [2.05, 4.69) is 10.5 Å². The van der Waals surface area contributed by atoms with Gasteiger partial charge >= 0.3 is 5.69 Å². The van der Waals surface area contributed by atoms with Gasteiger partial charge in [-0.1, -0.05) is 0 Å². The van der Waals surface area contributed by atoms with Crippen molar-refractivity contribution in [1.82, 2.24) is 5.43 Å². The molecule has 2 N–H and O–H groups in total. The summed E-state index contributed by atoms with van der Waals surface area (Å²) in [5.41, 5.74) is 2.70. The van der Waals surface area contributed by atoms with Gasteiger partial charge in [-0.25, -0.2) is 5.43 Å². The van der Waals surface area contributed by atoms with Gasteiger partial charge in [0, 0.05) is 23.3 Å². The molecular formula is C18H19N3O6. The zero-order valence-electron chi connectivity index (χ0n) is 14.8. The first-order valence-corrected chi connectivity index (χ1v) is 8.16. The second-order valence-corrected chi connectivity index (χ2v) is 5.23. The van der Waals surface area contributed by atoms with E-state index in [1.54, 1.807) is 13.8 Å². The van der Waals surface area contributed by atoms with Crippen molar-refractivity contribution in [3.8, 4) is 17.2 Å². The quantitative estimate of drug-likeness (QED) is 0.417. The summed E-state index contributed by atoms with van der Waals surface area (Å²) >= 11 is 0. The van der Waals surface area contributed by atoms with E-state index in [0.29, 0.717) is 23.5 Å². The van der Waals surface area contributed by atoms with E-state index in [-0.39, 0.29) is 23.8 Å². The summed E-state index contributed by atoms with van der Waals surface area (Å²) in [6, 6.07) is 8.32. The van der Waals surface area contributed by atoms with Crippen LogP contribution in [0.2, 0.25) is 0 Å². The Kier molecular flexibility index (Phi) is 6.70. The van der Waals surface area contributed by atoms with Crippen molar-refractivity contribution in [2.75, 3.05) is 13.2 Å². The third-order valence-electron chi connectivity index (χ3n) is 3.39. The minimum Gasteiger partial charge on any atom is -0.508 e. The average molecular weight is 373 g/mol. The van der Waals surface area contributed by atoms with E-state index in [9.17, 15) is 20.0 Å². The minimum atomic E-state index is -0.562. The maximum atomic E-state index is 12.0. The summed E-state index contributed by atoms with van der Waals surface area (Å²) in [5.74, 6) is -0.0202. The predicted molar refractivity (Wildman–Crippen MR) is 98.6 cm³/mol. The molecule has 0 saturated heterocycles. The SMILES string of the molecule is CCOc1cc(OCC)c([N+](=O)[O-])cc1/C=N\NC(=O)c1ccc(O)cc1. The van der Waals surface area contributed by atoms with Gasteiger partial charge in [-0.2, -0.15) is 5.10 Å². The van der Waals surface area contributed by atoms with Crippen LogP contribution in [0.4, 0.5) is 5.69 Å². The Bertz CT molecular complexity index is 849. The molecule has 142 valence electrons. The van der Waals surface area contributed by atoms with Gasteiger partial charge in [-0.15, -0.1) is 0 Å². The van der Waals surface area contributed by atoms with Gasteiger partial charge in [0.1, 0.15) is 11.5 Å². The highest BCUT2D eigenvalue weighted by Gasteiger charge is 2.19. The third-order valence-corrected chi connectivity index (χ3v) is 3.39. The highest BCUT2D eigenvalue weighted by Crippen LogP contribution is 2.34. The van der Waals surface area contributed by atoms with E-state index >= 15 is 0 Å². The fourth-order valence-corrected chi connectivity index (χ4v) is 2.20. The number of nitrogens with zero attached hydrogens (tertiary/aromatic N) is 2. The van der Waals surface area contributed by atoms with Gasteiger partial charge < -0.3 is 14.6 Å². The lowest BCUT2D eigenvalue weighted by molar-refractivity contribution is -0.385. The number of rotatable bonds is 8. The molecular weight excluding hydrogens is 354 g/mol. The Morgan fingerprint density at radius 3 is 2.41 bits per heavy atom. The minimum absolute atomic E-state index is 0.0399. The summed E-state index contributed by atoms with van der Waals surface area (Å²) in [7, 11) is 0. The molecule has 1 amide bonds. The largest absolute Gasteiger partial charge is 0.508 e. The van der Waals surface area contributed by atoms with Gasteiger partial charge in [0.25, 0.3) is 5.91 Å². The zero-order valence-corrected chi connectivity index (χ0v) is 14.8. The molecule has 9 nitrogen and oxygen atoms in total. The van der Waals surface area contributed by atoms with Crippen LogP contribution in [-0.4, -0.2) is 35.4 Å². The van der Waals surface area contributed by atoms with Crippen LogP contribution >= 0.6 is 0 Å². The number of hydrazone groups is 1. The maximum Gasteiger partial charge on any atom is 0.311 e. The number of benzene rings is 2. The number of phenols is 1. The first-order chi connectivity index (χ1) is 13.0. The maximum absolute atomic E-state index is 12.0. The lowest BCUT2D eigenvalue weighted by Gasteiger charge is -2.10. The van der Waals surface area contributed by atoms with Crippen LogP contribution in [0.25, 0.3) is 0 Å². The molecule has 0 bridgehead atoms. The van der Waals surface area contributed by atoms with Gasteiger partial charge in [-0.3, -0.25) is 14.9 Å². The number of carbonyl (C=O) groups excluding carboxylic acids is 1. The predicted octanol–water partition coefficient (Wildman–Crippen LogP) is 2.86. The zero-order chi connectivity index (χ0) is 19.8. The molecule has 0 heterocycles. The highest BCUT2D eigenvalue weighted by atomic mass is 16.6. The number of ether oxygens (including phenoxy) is 2. The lowest BCUT2D eigenvalue weighted by atomic mass is 10.1. The number of phenolic OH excluding ortho intramolecular Hbond substituents is 1. The number of amides is 1. The van der Waals surface area contributed by atoms with Crippen molar-refractivity contribution in [2.45, 2.75) is 13.8 Å². The van der Waals surface area contributed by atoms with Crippen molar-refractivity contribution in [3.05, 3.63) is 57.6 Å². The summed E-state index contributed by atoms with van der Waals surface area (Å²) in [6.07, 6.45) is 1.26. The molecule has 0 aliphatic carbocycles. The van der Waals surface area contributed by atoms with Crippen LogP contribution in [0.3, 0.4) is 0 Å². The Balaban J connectivity index is 2.25.